The van der Waals surface area contributed by atoms with Crippen molar-refractivity contribution in [3.8, 4) is 16.9 Å². The monoisotopic (exact) mass is 381 g/mol. The number of carbonyl (C=O) groups excluding carboxylic acids is 1. The van der Waals surface area contributed by atoms with Gasteiger partial charge in [0.25, 0.3) is 5.91 Å². The van der Waals surface area contributed by atoms with E-state index in [-0.39, 0.29) is 22.9 Å². The van der Waals surface area contributed by atoms with Crippen LogP contribution in [0.5, 0.6) is 5.75 Å². The number of nitrogens with one attached hydrogen (secondary N) is 1. The summed E-state index contributed by atoms with van der Waals surface area (Å²) in [4.78, 5) is 23.3. The van der Waals surface area contributed by atoms with Gasteiger partial charge in [0.05, 0.1) is 11.3 Å². The van der Waals surface area contributed by atoms with Gasteiger partial charge < -0.3 is 15.2 Å². The van der Waals surface area contributed by atoms with Crippen LogP contribution in [0, 0.1) is 0 Å². The molecule has 0 fully saturated rings. The van der Waals surface area contributed by atoms with Crippen LogP contribution < -0.4 is 10.1 Å². The first-order valence-electron chi connectivity index (χ1n) is 8.14. The molecular formula is C21H16ClNO4. The number of halogens is 1. The molecular weight excluding hydrogens is 366 g/mol. The molecule has 0 aliphatic heterocycles. The van der Waals surface area contributed by atoms with Crippen molar-refractivity contribution in [1.82, 2.24) is 0 Å². The van der Waals surface area contributed by atoms with Crippen LogP contribution in [0.4, 0.5) is 5.69 Å². The molecule has 0 aliphatic rings. The number of carboxylic acid groups (broad SMARTS) is 1. The number of aromatic carboxylic acids is 1. The molecule has 2 N–H and O–H groups in total. The second kappa shape index (κ2) is 8.38. The molecule has 0 aliphatic carbocycles. The maximum atomic E-state index is 12.1. The number of amides is 1. The summed E-state index contributed by atoms with van der Waals surface area (Å²) in [6, 6.07) is 21.5. The summed E-state index contributed by atoms with van der Waals surface area (Å²) in [7, 11) is 0. The quantitative estimate of drug-likeness (QED) is 0.647. The van der Waals surface area contributed by atoms with E-state index in [0.717, 1.165) is 11.1 Å². The number of ether oxygens (including phenoxy) is 1. The maximum Gasteiger partial charge on any atom is 0.337 e. The minimum Gasteiger partial charge on any atom is -0.484 e. The highest BCUT2D eigenvalue weighted by Gasteiger charge is 2.13. The predicted molar refractivity (Wildman–Crippen MR) is 104 cm³/mol. The first kappa shape index (κ1) is 18.5. The Morgan fingerprint density at radius 3 is 2.26 bits per heavy atom. The Kier molecular flexibility index (Phi) is 5.74. The van der Waals surface area contributed by atoms with Crippen molar-refractivity contribution in [2.75, 3.05) is 11.9 Å². The van der Waals surface area contributed by atoms with E-state index in [4.69, 9.17) is 16.3 Å². The predicted octanol–water partition coefficient (Wildman–Crippen LogP) is 4.72. The van der Waals surface area contributed by atoms with Crippen LogP contribution in [0.3, 0.4) is 0 Å². The highest BCUT2D eigenvalue weighted by molar-refractivity contribution is 6.31. The summed E-state index contributed by atoms with van der Waals surface area (Å²) in [5.74, 6) is -1.10. The third-order valence-electron chi connectivity index (χ3n) is 3.82. The lowest BCUT2D eigenvalue weighted by Crippen LogP contribution is -2.21. The van der Waals surface area contributed by atoms with Gasteiger partial charge >= 0.3 is 5.97 Å². The van der Waals surface area contributed by atoms with E-state index in [1.807, 2.05) is 42.5 Å². The van der Waals surface area contributed by atoms with Crippen molar-refractivity contribution in [2.45, 2.75) is 0 Å². The average molecular weight is 382 g/mol. The number of anilines is 1. The molecule has 0 saturated heterocycles. The molecule has 136 valence electrons. The van der Waals surface area contributed by atoms with E-state index < -0.39 is 11.9 Å². The summed E-state index contributed by atoms with van der Waals surface area (Å²) in [6.07, 6.45) is 0. The SMILES string of the molecule is O=C(COc1ccc(-c2ccccc2)cc1)Nc1ccc(Cl)cc1C(=O)O. The number of carbonyl (C=O) groups is 2. The first-order chi connectivity index (χ1) is 13.0. The molecule has 0 saturated carbocycles. The minimum absolute atomic E-state index is 0.0805. The third kappa shape index (κ3) is 4.86. The van der Waals surface area contributed by atoms with Gasteiger partial charge in [-0.2, -0.15) is 0 Å². The smallest absolute Gasteiger partial charge is 0.337 e. The van der Waals surface area contributed by atoms with Gasteiger partial charge in [-0.25, -0.2) is 4.79 Å². The summed E-state index contributed by atoms with van der Waals surface area (Å²) in [5.41, 5.74) is 2.22. The molecule has 0 atom stereocenters. The molecule has 1 amide bonds. The molecule has 3 aromatic carbocycles. The number of benzene rings is 3. The van der Waals surface area contributed by atoms with Crippen molar-refractivity contribution in [1.29, 1.82) is 0 Å². The minimum atomic E-state index is -1.18. The third-order valence-corrected chi connectivity index (χ3v) is 4.05. The second-order valence-electron chi connectivity index (χ2n) is 5.72. The fourth-order valence-corrected chi connectivity index (χ4v) is 2.68. The Balaban J connectivity index is 1.61. The molecule has 0 aromatic heterocycles. The lowest BCUT2D eigenvalue weighted by molar-refractivity contribution is -0.118. The molecule has 3 rings (SSSR count). The van der Waals surface area contributed by atoms with Crippen LogP contribution in [0.2, 0.25) is 5.02 Å². The van der Waals surface area contributed by atoms with Crippen molar-refractivity contribution < 1.29 is 19.4 Å². The van der Waals surface area contributed by atoms with Crippen molar-refractivity contribution in [3.63, 3.8) is 0 Å². The molecule has 3 aromatic rings. The maximum absolute atomic E-state index is 12.1. The largest absolute Gasteiger partial charge is 0.484 e. The van der Waals surface area contributed by atoms with Crippen molar-refractivity contribution in [3.05, 3.63) is 83.4 Å². The van der Waals surface area contributed by atoms with Crippen LogP contribution in [0.15, 0.2) is 72.8 Å². The van der Waals surface area contributed by atoms with Gasteiger partial charge in [0, 0.05) is 5.02 Å². The second-order valence-corrected chi connectivity index (χ2v) is 6.16. The standard InChI is InChI=1S/C21H16ClNO4/c22-16-8-11-19(18(12-16)21(25)26)23-20(24)13-27-17-9-6-15(7-10-17)14-4-2-1-3-5-14/h1-12H,13H2,(H,23,24)(H,25,26). The first-order valence-corrected chi connectivity index (χ1v) is 8.52. The van der Waals surface area contributed by atoms with E-state index in [2.05, 4.69) is 5.32 Å². The Morgan fingerprint density at radius 2 is 1.59 bits per heavy atom. The van der Waals surface area contributed by atoms with Gasteiger partial charge in [-0.3, -0.25) is 4.79 Å². The molecule has 0 radical (unpaired) electrons. The van der Waals surface area contributed by atoms with E-state index in [1.165, 1.54) is 18.2 Å². The van der Waals surface area contributed by atoms with Crippen LogP contribution in [0.1, 0.15) is 10.4 Å². The average Bonchev–Trinajstić information content (AvgIpc) is 2.69. The molecule has 0 heterocycles. The van der Waals surface area contributed by atoms with Crippen LogP contribution >= 0.6 is 11.6 Å². The molecule has 5 nitrogen and oxygen atoms in total. The zero-order valence-corrected chi connectivity index (χ0v) is 14.9. The van der Waals surface area contributed by atoms with Gasteiger partial charge in [0.1, 0.15) is 5.75 Å². The Labute approximate surface area is 161 Å². The van der Waals surface area contributed by atoms with Crippen molar-refractivity contribution in [2.24, 2.45) is 0 Å². The lowest BCUT2D eigenvalue weighted by atomic mass is 10.1. The van der Waals surface area contributed by atoms with Gasteiger partial charge in [-0.05, 0) is 41.5 Å². The molecule has 27 heavy (non-hydrogen) atoms. The fraction of sp³-hybridized carbons (Fsp3) is 0.0476. The van der Waals surface area contributed by atoms with Gasteiger partial charge in [-0.15, -0.1) is 0 Å². The zero-order chi connectivity index (χ0) is 19.2. The highest BCUT2D eigenvalue weighted by atomic mass is 35.5. The van der Waals surface area contributed by atoms with Gasteiger partial charge in [-0.1, -0.05) is 54.1 Å². The highest BCUT2D eigenvalue weighted by Crippen LogP contribution is 2.23. The molecule has 0 spiro atoms. The van der Waals surface area contributed by atoms with Gasteiger partial charge in [0.15, 0.2) is 6.61 Å². The lowest BCUT2D eigenvalue weighted by Gasteiger charge is -2.10. The molecule has 6 heteroatoms. The van der Waals surface area contributed by atoms with Crippen LogP contribution in [-0.4, -0.2) is 23.6 Å². The molecule has 0 unspecified atom stereocenters. The van der Waals surface area contributed by atoms with E-state index in [0.29, 0.717) is 5.75 Å². The normalized spacial score (nSPS) is 10.3. The summed E-state index contributed by atoms with van der Waals surface area (Å²) in [6.45, 7) is -0.244. The Morgan fingerprint density at radius 1 is 0.926 bits per heavy atom. The summed E-state index contributed by atoms with van der Waals surface area (Å²) < 4.78 is 5.47. The van der Waals surface area contributed by atoms with E-state index in [9.17, 15) is 14.7 Å². The van der Waals surface area contributed by atoms with Gasteiger partial charge in [0.2, 0.25) is 0 Å². The number of rotatable bonds is 6. The van der Waals surface area contributed by atoms with E-state index >= 15 is 0 Å². The zero-order valence-electron chi connectivity index (χ0n) is 14.2. The van der Waals surface area contributed by atoms with Crippen LogP contribution in [0.25, 0.3) is 11.1 Å². The summed E-state index contributed by atoms with van der Waals surface area (Å²) in [5, 5.41) is 12.0. The summed E-state index contributed by atoms with van der Waals surface area (Å²) >= 11 is 5.79. The number of carboxylic acids is 1. The number of hydrogen-bond donors (Lipinski definition) is 2. The Bertz CT molecular complexity index is 956. The molecule has 0 bridgehead atoms. The Hall–Kier alpha value is -3.31. The van der Waals surface area contributed by atoms with Crippen LogP contribution in [-0.2, 0) is 4.79 Å². The topological polar surface area (TPSA) is 75.6 Å². The van der Waals surface area contributed by atoms with Crippen molar-refractivity contribution >= 4 is 29.2 Å². The van der Waals surface area contributed by atoms with E-state index in [1.54, 1.807) is 12.1 Å². The number of hydrogen-bond acceptors (Lipinski definition) is 3. The fourth-order valence-electron chi connectivity index (χ4n) is 2.51.